The Balaban J connectivity index is 2.17. The van der Waals surface area contributed by atoms with Gasteiger partial charge in [0, 0.05) is 11.4 Å². The molecule has 0 unspecified atom stereocenters. The summed E-state index contributed by atoms with van der Waals surface area (Å²) in [6, 6.07) is 15.2. The zero-order valence-electron chi connectivity index (χ0n) is 11.4. The van der Waals surface area contributed by atoms with Crippen molar-refractivity contribution in [2.24, 2.45) is 0 Å². The summed E-state index contributed by atoms with van der Waals surface area (Å²) in [6.07, 6.45) is 0.663. The van der Waals surface area contributed by atoms with E-state index in [1.165, 1.54) is 0 Å². The van der Waals surface area contributed by atoms with Crippen LogP contribution in [0.2, 0.25) is 5.02 Å². The summed E-state index contributed by atoms with van der Waals surface area (Å²) in [7, 11) is 0. The van der Waals surface area contributed by atoms with Crippen molar-refractivity contribution in [1.29, 1.82) is 0 Å². The Labute approximate surface area is 128 Å². The van der Waals surface area contributed by atoms with E-state index < -0.39 is 5.97 Å². The Kier molecular flexibility index (Phi) is 5.01. The summed E-state index contributed by atoms with van der Waals surface area (Å²) >= 11 is 6.03. The molecule has 0 aromatic heterocycles. The normalized spacial score (nSPS) is 10.1. The highest BCUT2D eigenvalue weighted by Gasteiger charge is 2.09. The molecule has 0 radical (unpaired) electrons. The molecule has 2 aromatic carbocycles. The smallest absolute Gasteiger partial charge is 0.334 e. The highest BCUT2D eigenvalue weighted by Crippen LogP contribution is 2.25. The van der Waals surface area contributed by atoms with Gasteiger partial charge in [-0.05, 0) is 29.3 Å². The fourth-order valence-corrected chi connectivity index (χ4v) is 2.06. The Hall–Kier alpha value is -2.26. The molecule has 0 aliphatic carbocycles. The summed E-state index contributed by atoms with van der Waals surface area (Å²) in [6.45, 7) is 3.39. The number of rotatable bonds is 6. The number of hydrogen-bond acceptors (Lipinski definition) is 2. The molecule has 3 nitrogen and oxygen atoms in total. The number of halogens is 1. The van der Waals surface area contributed by atoms with Crippen molar-refractivity contribution >= 4 is 17.6 Å². The first-order valence-electron chi connectivity index (χ1n) is 6.42. The molecular weight excluding hydrogens is 288 g/mol. The predicted molar refractivity (Wildman–Crippen MR) is 83.0 cm³/mol. The maximum Gasteiger partial charge on any atom is 0.334 e. The van der Waals surface area contributed by atoms with E-state index in [1.807, 2.05) is 36.4 Å². The summed E-state index contributed by atoms with van der Waals surface area (Å²) in [5, 5.41) is 9.42. The maximum atomic E-state index is 10.7. The quantitative estimate of drug-likeness (QED) is 0.822. The second-order valence-corrected chi connectivity index (χ2v) is 5.05. The van der Waals surface area contributed by atoms with Gasteiger partial charge in [-0.15, -0.1) is 0 Å². The van der Waals surface area contributed by atoms with Crippen molar-refractivity contribution < 1.29 is 14.6 Å². The minimum atomic E-state index is -1.06. The van der Waals surface area contributed by atoms with Crippen LogP contribution in [-0.4, -0.2) is 17.7 Å². The Bertz CT molecular complexity index is 650. The van der Waals surface area contributed by atoms with E-state index in [4.69, 9.17) is 21.4 Å². The van der Waals surface area contributed by atoms with E-state index >= 15 is 0 Å². The van der Waals surface area contributed by atoms with Crippen molar-refractivity contribution in [3.63, 3.8) is 0 Å². The van der Waals surface area contributed by atoms with Crippen molar-refractivity contribution in [2.75, 3.05) is 6.61 Å². The number of benzene rings is 2. The van der Waals surface area contributed by atoms with Crippen LogP contribution in [0.4, 0.5) is 0 Å². The first-order chi connectivity index (χ1) is 10.1. The molecule has 0 spiro atoms. The zero-order chi connectivity index (χ0) is 15.2. The molecule has 4 heteroatoms. The van der Waals surface area contributed by atoms with Gasteiger partial charge in [-0.3, -0.25) is 0 Å². The van der Waals surface area contributed by atoms with Gasteiger partial charge in [0.15, 0.2) is 0 Å². The van der Waals surface area contributed by atoms with E-state index in [1.54, 1.807) is 12.1 Å². The SMILES string of the molecule is C=C(COc1ccc(Cl)cc1Cc1ccccc1)C(=O)O. The number of carbonyl (C=O) groups is 1. The Morgan fingerprint density at radius 3 is 2.57 bits per heavy atom. The molecule has 0 atom stereocenters. The average Bonchev–Trinajstić information content (AvgIpc) is 2.47. The minimum Gasteiger partial charge on any atom is -0.488 e. The van der Waals surface area contributed by atoms with Gasteiger partial charge in [0.25, 0.3) is 0 Å². The van der Waals surface area contributed by atoms with Crippen molar-refractivity contribution in [3.8, 4) is 5.75 Å². The van der Waals surface area contributed by atoms with E-state index in [0.29, 0.717) is 17.2 Å². The van der Waals surface area contributed by atoms with E-state index in [0.717, 1.165) is 11.1 Å². The number of hydrogen-bond donors (Lipinski definition) is 1. The topological polar surface area (TPSA) is 46.5 Å². The van der Waals surface area contributed by atoms with Gasteiger partial charge >= 0.3 is 5.97 Å². The molecule has 21 heavy (non-hydrogen) atoms. The second kappa shape index (κ2) is 6.95. The molecular formula is C17H15ClO3. The number of carboxylic acids is 1. The largest absolute Gasteiger partial charge is 0.488 e. The molecule has 1 N–H and O–H groups in total. The Morgan fingerprint density at radius 2 is 1.90 bits per heavy atom. The predicted octanol–water partition coefficient (Wildman–Crippen LogP) is 3.95. The van der Waals surface area contributed by atoms with Crippen molar-refractivity contribution in [3.05, 3.63) is 76.8 Å². The van der Waals surface area contributed by atoms with Crippen LogP contribution < -0.4 is 4.74 Å². The van der Waals surface area contributed by atoms with Crippen molar-refractivity contribution in [2.45, 2.75) is 6.42 Å². The van der Waals surface area contributed by atoms with Gasteiger partial charge in [0.1, 0.15) is 12.4 Å². The summed E-state index contributed by atoms with van der Waals surface area (Å²) in [4.78, 5) is 10.7. The zero-order valence-corrected chi connectivity index (χ0v) is 12.1. The van der Waals surface area contributed by atoms with Gasteiger partial charge in [-0.1, -0.05) is 48.5 Å². The van der Waals surface area contributed by atoms with E-state index in [9.17, 15) is 4.79 Å². The van der Waals surface area contributed by atoms with Gasteiger partial charge in [0.2, 0.25) is 0 Å². The average molecular weight is 303 g/mol. The second-order valence-electron chi connectivity index (χ2n) is 4.61. The van der Waals surface area contributed by atoms with Gasteiger partial charge in [0.05, 0.1) is 5.57 Å². The van der Waals surface area contributed by atoms with E-state index in [2.05, 4.69) is 6.58 Å². The maximum absolute atomic E-state index is 10.7. The van der Waals surface area contributed by atoms with Gasteiger partial charge < -0.3 is 9.84 Å². The van der Waals surface area contributed by atoms with Crippen LogP contribution in [0.5, 0.6) is 5.75 Å². The van der Waals surface area contributed by atoms with Crippen molar-refractivity contribution in [1.82, 2.24) is 0 Å². The molecule has 0 aliphatic heterocycles. The first-order valence-corrected chi connectivity index (χ1v) is 6.80. The van der Waals surface area contributed by atoms with Crippen LogP contribution in [0.25, 0.3) is 0 Å². The lowest BCUT2D eigenvalue weighted by molar-refractivity contribution is -0.133. The molecule has 0 amide bonds. The lowest BCUT2D eigenvalue weighted by Crippen LogP contribution is -2.10. The van der Waals surface area contributed by atoms with Crippen LogP contribution in [0.1, 0.15) is 11.1 Å². The van der Waals surface area contributed by atoms with E-state index in [-0.39, 0.29) is 12.2 Å². The van der Waals surface area contributed by atoms with Gasteiger partial charge in [-0.2, -0.15) is 0 Å². The van der Waals surface area contributed by atoms with Crippen LogP contribution in [0, 0.1) is 0 Å². The molecule has 0 bridgehead atoms. The van der Waals surface area contributed by atoms with Crippen LogP contribution >= 0.6 is 11.6 Å². The third-order valence-electron chi connectivity index (χ3n) is 2.96. The van der Waals surface area contributed by atoms with Crippen LogP contribution in [0.3, 0.4) is 0 Å². The third-order valence-corrected chi connectivity index (χ3v) is 3.20. The molecule has 2 aromatic rings. The molecule has 0 saturated heterocycles. The summed E-state index contributed by atoms with van der Waals surface area (Å²) < 4.78 is 5.55. The highest BCUT2D eigenvalue weighted by atomic mass is 35.5. The minimum absolute atomic E-state index is 0.00983. The highest BCUT2D eigenvalue weighted by molar-refractivity contribution is 6.30. The molecule has 108 valence electrons. The molecule has 0 fully saturated rings. The lowest BCUT2D eigenvalue weighted by atomic mass is 10.0. The lowest BCUT2D eigenvalue weighted by Gasteiger charge is -2.12. The monoisotopic (exact) mass is 302 g/mol. The number of aliphatic carboxylic acids is 1. The standard InChI is InChI=1S/C17H15ClO3/c1-12(17(19)20)11-21-16-8-7-15(18)10-14(16)9-13-5-3-2-4-6-13/h2-8,10H,1,9,11H2,(H,19,20). The molecule has 0 saturated carbocycles. The Morgan fingerprint density at radius 1 is 1.19 bits per heavy atom. The fraction of sp³-hybridized carbons (Fsp3) is 0.118. The number of carboxylic acid groups (broad SMARTS) is 1. The molecule has 0 aliphatic rings. The van der Waals surface area contributed by atoms with Crippen LogP contribution in [0.15, 0.2) is 60.7 Å². The third kappa shape index (κ3) is 4.36. The fourth-order valence-electron chi connectivity index (χ4n) is 1.87. The summed E-state index contributed by atoms with van der Waals surface area (Å²) in [5.41, 5.74) is 2.05. The summed E-state index contributed by atoms with van der Waals surface area (Å²) in [5.74, 6) is -0.445. The number of ether oxygens (including phenoxy) is 1. The molecule has 2 rings (SSSR count). The molecule has 0 heterocycles. The van der Waals surface area contributed by atoms with Crippen LogP contribution in [-0.2, 0) is 11.2 Å². The van der Waals surface area contributed by atoms with Gasteiger partial charge in [-0.25, -0.2) is 4.79 Å². The first kappa shape index (κ1) is 15.1.